The summed E-state index contributed by atoms with van der Waals surface area (Å²) in [5, 5.41) is 0. The second-order valence-corrected chi connectivity index (χ2v) is 5.27. The molecule has 0 aromatic carbocycles. The highest BCUT2D eigenvalue weighted by atomic mass is 16.7. The maximum Gasteiger partial charge on any atom is 0.508 e. The fourth-order valence-electron chi connectivity index (χ4n) is 1.36. The Balaban J connectivity index is 4.11. The second kappa shape index (κ2) is 6.77. The topological polar surface area (TPSA) is 35.5 Å². The molecule has 0 rings (SSSR count). The number of hydrogen-bond donors (Lipinski definition) is 0. The van der Waals surface area contributed by atoms with Gasteiger partial charge in [-0.05, 0) is 27.2 Å². The zero-order valence-corrected chi connectivity index (χ0v) is 11.5. The third kappa shape index (κ3) is 5.99. The maximum atomic E-state index is 11.3. The summed E-state index contributed by atoms with van der Waals surface area (Å²) in [6.45, 7) is 12.0. The third-order valence-electron chi connectivity index (χ3n) is 2.88. The van der Waals surface area contributed by atoms with Gasteiger partial charge in [-0.25, -0.2) is 4.79 Å². The van der Waals surface area contributed by atoms with E-state index in [1.165, 1.54) is 0 Å². The van der Waals surface area contributed by atoms with Crippen LogP contribution in [0.25, 0.3) is 0 Å². The van der Waals surface area contributed by atoms with Crippen LogP contribution in [0.15, 0.2) is 0 Å². The molecule has 0 heterocycles. The van der Waals surface area contributed by atoms with E-state index in [-0.39, 0.29) is 17.6 Å². The van der Waals surface area contributed by atoms with Gasteiger partial charge in [0.05, 0.1) is 6.10 Å². The van der Waals surface area contributed by atoms with Crippen molar-refractivity contribution in [2.24, 2.45) is 5.41 Å². The largest absolute Gasteiger partial charge is 0.508 e. The van der Waals surface area contributed by atoms with Crippen molar-refractivity contribution in [3.8, 4) is 0 Å². The molecule has 0 aromatic heterocycles. The fraction of sp³-hybridized carbons (Fsp3) is 0.923. The van der Waals surface area contributed by atoms with Crippen LogP contribution in [0.5, 0.6) is 0 Å². The lowest BCUT2D eigenvalue weighted by molar-refractivity contribution is -0.0276. The van der Waals surface area contributed by atoms with Gasteiger partial charge in [-0.2, -0.15) is 0 Å². The molecule has 0 fully saturated rings. The molecule has 0 saturated heterocycles. The van der Waals surface area contributed by atoms with E-state index in [0.717, 1.165) is 19.3 Å². The standard InChI is InChI=1S/C13H26O3/c1-7-8-9-13(5,6)11(4)16-12(14)15-10(2)3/h10-11H,7-9H2,1-6H3. The van der Waals surface area contributed by atoms with Gasteiger partial charge >= 0.3 is 6.16 Å². The lowest BCUT2D eigenvalue weighted by Crippen LogP contribution is -2.32. The van der Waals surface area contributed by atoms with Crippen LogP contribution in [0.4, 0.5) is 4.79 Å². The predicted octanol–water partition coefficient (Wildman–Crippen LogP) is 4.15. The molecule has 0 aliphatic heterocycles. The van der Waals surface area contributed by atoms with Crippen LogP contribution in [-0.2, 0) is 9.47 Å². The first-order chi connectivity index (χ1) is 7.29. The lowest BCUT2D eigenvalue weighted by Gasteiger charge is -2.31. The Morgan fingerprint density at radius 3 is 2.19 bits per heavy atom. The van der Waals surface area contributed by atoms with Crippen molar-refractivity contribution >= 4 is 6.16 Å². The van der Waals surface area contributed by atoms with Crippen molar-refractivity contribution in [3.05, 3.63) is 0 Å². The summed E-state index contributed by atoms with van der Waals surface area (Å²) in [7, 11) is 0. The molecule has 0 amide bonds. The summed E-state index contributed by atoms with van der Waals surface area (Å²) in [6.07, 6.45) is 2.56. The van der Waals surface area contributed by atoms with E-state index in [1.54, 1.807) is 0 Å². The number of carbonyl (C=O) groups is 1. The fourth-order valence-corrected chi connectivity index (χ4v) is 1.36. The molecule has 0 aliphatic carbocycles. The van der Waals surface area contributed by atoms with E-state index in [1.807, 2.05) is 20.8 Å². The van der Waals surface area contributed by atoms with Crippen LogP contribution in [0.2, 0.25) is 0 Å². The summed E-state index contributed by atoms with van der Waals surface area (Å²) >= 11 is 0. The zero-order valence-electron chi connectivity index (χ0n) is 11.5. The second-order valence-electron chi connectivity index (χ2n) is 5.27. The van der Waals surface area contributed by atoms with Gasteiger partial charge in [-0.1, -0.05) is 33.6 Å². The van der Waals surface area contributed by atoms with Crippen LogP contribution in [0.1, 0.15) is 60.8 Å². The average Bonchev–Trinajstić information content (AvgIpc) is 2.13. The van der Waals surface area contributed by atoms with Crippen LogP contribution in [0.3, 0.4) is 0 Å². The van der Waals surface area contributed by atoms with Gasteiger partial charge < -0.3 is 9.47 Å². The van der Waals surface area contributed by atoms with Gasteiger partial charge in [0.15, 0.2) is 0 Å². The Kier molecular flexibility index (Phi) is 6.46. The molecule has 0 spiro atoms. The molecule has 0 bridgehead atoms. The molecule has 0 aromatic rings. The van der Waals surface area contributed by atoms with E-state index < -0.39 is 6.16 Å². The lowest BCUT2D eigenvalue weighted by atomic mass is 9.82. The zero-order chi connectivity index (χ0) is 12.8. The normalized spacial score (nSPS) is 13.7. The Morgan fingerprint density at radius 2 is 1.75 bits per heavy atom. The molecule has 0 saturated carbocycles. The van der Waals surface area contributed by atoms with E-state index in [4.69, 9.17) is 9.47 Å². The number of hydrogen-bond acceptors (Lipinski definition) is 3. The van der Waals surface area contributed by atoms with Crippen molar-refractivity contribution in [1.29, 1.82) is 0 Å². The number of rotatable bonds is 6. The van der Waals surface area contributed by atoms with Gasteiger partial charge in [-0.15, -0.1) is 0 Å². The minimum atomic E-state index is -0.563. The van der Waals surface area contributed by atoms with Crippen LogP contribution in [0, 0.1) is 5.41 Å². The van der Waals surface area contributed by atoms with Crippen molar-refractivity contribution in [1.82, 2.24) is 0 Å². The molecule has 1 atom stereocenters. The van der Waals surface area contributed by atoms with E-state index in [0.29, 0.717) is 0 Å². The number of ether oxygens (including phenoxy) is 2. The van der Waals surface area contributed by atoms with Crippen LogP contribution >= 0.6 is 0 Å². The Morgan fingerprint density at radius 1 is 1.19 bits per heavy atom. The number of unbranched alkanes of at least 4 members (excludes halogenated alkanes) is 1. The molecule has 0 radical (unpaired) electrons. The minimum absolute atomic E-state index is 0.00596. The van der Waals surface area contributed by atoms with Crippen LogP contribution in [-0.4, -0.2) is 18.4 Å². The third-order valence-corrected chi connectivity index (χ3v) is 2.88. The first kappa shape index (κ1) is 15.3. The van der Waals surface area contributed by atoms with E-state index in [2.05, 4.69) is 20.8 Å². The summed E-state index contributed by atoms with van der Waals surface area (Å²) in [5.41, 5.74) is 0.00596. The van der Waals surface area contributed by atoms with Gasteiger partial charge in [-0.3, -0.25) is 0 Å². The Bertz CT molecular complexity index is 209. The van der Waals surface area contributed by atoms with Gasteiger partial charge in [0.1, 0.15) is 6.10 Å². The molecule has 96 valence electrons. The molecule has 1 unspecified atom stereocenters. The Hall–Kier alpha value is -0.730. The summed E-state index contributed by atoms with van der Waals surface area (Å²) in [5.74, 6) is 0. The van der Waals surface area contributed by atoms with Crippen molar-refractivity contribution in [2.45, 2.75) is 73.0 Å². The van der Waals surface area contributed by atoms with Crippen molar-refractivity contribution in [3.63, 3.8) is 0 Å². The van der Waals surface area contributed by atoms with Gasteiger partial charge in [0.25, 0.3) is 0 Å². The molecular formula is C13H26O3. The SMILES string of the molecule is CCCCC(C)(C)C(C)OC(=O)OC(C)C. The summed E-state index contributed by atoms with van der Waals surface area (Å²) in [6, 6.07) is 0. The molecule has 16 heavy (non-hydrogen) atoms. The van der Waals surface area contributed by atoms with Crippen LogP contribution < -0.4 is 0 Å². The predicted molar refractivity (Wildman–Crippen MR) is 65.5 cm³/mol. The van der Waals surface area contributed by atoms with Gasteiger partial charge in [0.2, 0.25) is 0 Å². The minimum Gasteiger partial charge on any atom is -0.432 e. The molecule has 0 aliphatic rings. The van der Waals surface area contributed by atoms with Crippen molar-refractivity contribution in [2.75, 3.05) is 0 Å². The smallest absolute Gasteiger partial charge is 0.432 e. The quantitative estimate of drug-likeness (QED) is 0.643. The average molecular weight is 230 g/mol. The Labute approximate surface area is 99.5 Å². The monoisotopic (exact) mass is 230 g/mol. The number of carbonyl (C=O) groups excluding carboxylic acids is 1. The van der Waals surface area contributed by atoms with Crippen molar-refractivity contribution < 1.29 is 14.3 Å². The molecule has 0 N–H and O–H groups in total. The summed E-state index contributed by atoms with van der Waals surface area (Å²) in [4.78, 5) is 11.3. The molecule has 3 heteroatoms. The maximum absolute atomic E-state index is 11.3. The highest BCUT2D eigenvalue weighted by molar-refractivity contribution is 5.60. The first-order valence-electron chi connectivity index (χ1n) is 6.17. The highest BCUT2D eigenvalue weighted by Crippen LogP contribution is 2.29. The highest BCUT2D eigenvalue weighted by Gasteiger charge is 2.29. The molecular weight excluding hydrogens is 204 g/mol. The molecule has 3 nitrogen and oxygen atoms in total. The van der Waals surface area contributed by atoms with Gasteiger partial charge in [0, 0.05) is 5.41 Å². The summed E-state index contributed by atoms with van der Waals surface area (Å²) < 4.78 is 10.2. The van der Waals surface area contributed by atoms with E-state index >= 15 is 0 Å². The van der Waals surface area contributed by atoms with E-state index in [9.17, 15) is 4.79 Å². The first-order valence-corrected chi connectivity index (χ1v) is 6.17.